The molecule has 0 saturated carbocycles. The molecule has 10 nitrogen and oxygen atoms in total. The Morgan fingerprint density at radius 3 is 2.94 bits per heavy atom. The minimum absolute atomic E-state index is 0.126. The van der Waals surface area contributed by atoms with Crippen molar-refractivity contribution in [3.8, 4) is 11.4 Å². The van der Waals surface area contributed by atoms with E-state index in [1.807, 2.05) is 32.3 Å². The average Bonchev–Trinajstić information content (AvgIpc) is 3.41. The number of fused-ring (bicyclic) bond motifs is 1. The van der Waals surface area contributed by atoms with E-state index in [0.717, 1.165) is 28.0 Å². The van der Waals surface area contributed by atoms with Crippen LogP contribution in [-0.2, 0) is 11.8 Å². The van der Waals surface area contributed by atoms with Crippen molar-refractivity contribution in [1.29, 1.82) is 5.41 Å². The Bertz CT molecular complexity index is 1270. The summed E-state index contributed by atoms with van der Waals surface area (Å²) in [6, 6.07) is 4.02. The molecule has 0 radical (unpaired) electrons. The summed E-state index contributed by atoms with van der Waals surface area (Å²) in [7, 11) is 1.87. The van der Waals surface area contributed by atoms with Gasteiger partial charge in [-0.3, -0.25) is 4.68 Å². The van der Waals surface area contributed by atoms with E-state index >= 15 is 0 Å². The van der Waals surface area contributed by atoms with Crippen LogP contribution in [0.4, 0.5) is 17.5 Å². The SMILES string of the molecule is Cc1cnn(C)c1Nc1nc(-c2ccnc3[nH]ccc23)nc(N2CCOC[C@H]2C)c1C=N. The van der Waals surface area contributed by atoms with Gasteiger partial charge in [0.1, 0.15) is 23.1 Å². The normalized spacial score (nSPS) is 16.5. The van der Waals surface area contributed by atoms with Crippen molar-refractivity contribution in [2.75, 3.05) is 30.0 Å². The number of hydrogen-bond acceptors (Lipinski definition) is 8. The molecule has 1 aliphatic heterocycles. The molecule has 0 bridgehead atoms. The van der Waals surface area contributed by atoms with Gasteiger partial charge in [-0.05, 0) is 26.0 Å². The van der Waals surface area contributed by atoms with E-state index < -0.39 is 0 Å². The number of aromatic amines is 1. The Morgan fingerprint density at radius 2 is 2.19 bits per heavy atom. The number of nitrogens with one attached hydrogen (secondary N) is 3. The van der Waals surface area contributed by atoms with Crippen LogP contribution in [0, 0.1) is 12.3 Å². The van der Waals surface area contributed by atoms with Crippen molar-refractivity contribution < 1.29 is 4.74 Å². The van der Waals surface area contributed by atoms with Crippen molar-refractivity contribution in [3.05, 3.63) is 41.9 Å². The van der Waals surface area contributed by atoms with E-state index in [9.17, 15) is 0 Å². The molecule has 1 saturated heterocycles. The summed E-state index contributed by atoms with van der Waals surface area (Å²) in [5.74, 6) is 2.66. The predicted octanol–water partition coefficient (Wildman–Crippen LogP) is 3.03. The quantitative estimate of drug-likeness (QED) is 0.415. The van der Waals surface area contributed by atoms with Crippen molar-refractivity contribution >= 4 is 34.7 Å². The summed E-state index contributed by atoms with van der Waals surface area (Å²) in [4.78, 5) is 19.5. The average molecular weight is 432 g/mol. The summed E-state index contributed by atoms with van der Waals surface area (Å²) < 4.78 is 7.40. The van der Waals surface area contributed by atoms with E-state index in [2.05, 4.69) is 32.2 Å². The van der Waals surface area contributed by atoms with Crippen LogP contribution in [-0.4, -0.2) is 61.7 Å². The number of H-pyrrole nitrogens is 1. The van der Waals surface area contributed by atoms with Gasteiger partial charge in [-0.2, -0.15) is 5.10 Å². The molecule has 4 aromatic heterocycles. The van der Waals surface area contributed by atoms with Crippen LogP contribution >= 0.6 is 0 Å². The molecule has 0 aliphatic carbocycles. The van der Waals surface area contributed by atoms with E-state index in [4.69, 9.17) is 20.1 Å². The van der Waals surface area contributed by atoms with Gasteiger partial charge in [0.05, 0.1) is 31.0 Å². The van der Waals surface area contributed by atoms with Crippen molar-refractivity contribution in [1.82, 2.24) is 29.7 Å². The molecule has 3 N–H and O–H groups in total. The fourth-order valence-electron chi connectivity index (χ4n) is 4.06. The fraction of sp³-hybridized carbons (Fsp3) is 0.318. The number of rotatable bonds is 5. The van der Waals surface area contributed by atoms with Gasteiger partial charge in [0.2, 0.25) is 0 Å². The van der Waals surface area contributed by atoms with Gasteiger partial charge in [0.25, 0.3) is 0 Å². The Labute approximate surface area is 185 Å². The number of anilines is 3. The number of morpholine rings is 1. The Balaban J connectivity index is 1.73. The molecule has 4 aromatic rings. The summed E-state index contributed by atoms with van der Waals surface area (Å²) >= 11 is 0. The standard InChI is InChI=1S/C22H25N9O/c1-13-11-26-30(3)21(13)28-20-17(10-23)22(31-8-9-32-12-14(31)2)29-19(27-20)16-5-7-25-18-15(16)4-6-24-18/h4-7,10-11,14,23H,8-9,12H2,1-3H3,(H,24,25)(H,27,28,29)/t14-/m1/s1. The Kier molecular flexibility index (Phi) is 5.06. The third-order valence-corrected chi connectivity index (χ3v) is 5.77. The van der Waals surface area contributed by atoms with Crippen molar-refractivity contribution in [3.63, 3.8) is 0 Å². The van der Waals surface area contributed by atoms with Crippen molar-refractivity contribution in [2.45, 2.75) is 19.9 Å². The maximum atomic E-state index is 8.19. The summed E-state index contributed by atoms with van der Waals surface area (Å²) in [5.41, 5.74) is 3.27. The largest absolute Gasteiger partial charge is 0.377 e. The third kappa shape index (κ3) is 3.38. The maximum Gasteiger partial charge on any atom is 0.164 e. The maximum absolute atomic E-state index is 8.19. The van der Waals surface area contributed by atoms with Crippen LogP contribution in [0.3, 0.4) is 0 Å². The van der Waals surface area contributed by atoms with Gasteiger partial charge in [0, 0.05) is 48.7 Å². The topological polar surface area (TPSA) is 121 Å². The Morgan fingerprint density at radius 1 is 1.31 bits per heavy atom. The smallest absolute Gasteiger partial charge is 0.164 e. The van der Waals surface area contributed by atoms with Crippen molar-refractivity contribution in [2.24, 2.45) is 7.05 Å². The minimum atomic E-state index is 0.126. The molecule has 1 atom stereocenters. The zero-order valence-electron chi connectivity index (χ0n) is 18.3. The lowest BCUT2D eigenvalue weighted by Crippen LogP contribution is -2.44. The zero-order valence-corrected chi connectivity index (χ0v) is 18.3. The zero-order chi connectivity index (χ0) is 22.2. The van der Waals surface area contributed by atoms with Gasteiger partial charge in [-0.25, -0.2) is 15.0 Å². The predicted molar refractivity (Wildman–Crippen MR) is 124 cm³/mol. The first-order valence-corrected chi connectivity index (χ1v) is 10.5. The molecule has 5 heterocycles. The first kappa shape index (κ1) is 20.1. The molecule has 164 valence electrons. The van der Waals surface area contributed by atoms with Gasteiger partial charge in [0.15, 0.2) is 5.82 Å². The second-order valence-corrected chi connectivity index (χ2v) is 7.92. The lowest BCUT2D eigenvalue weighted by Gasteiger charge is -2.35. The summed E-state index contributed by atoms with van der Waals surface area (Å²) in [6.45, 7) is 6.00. The highest BCUT2D eigenvalue weighted by molar-refractivity contribution is 5.95. The monoisotopic (exact) mass is 431 g/mol. The number of hydrogen-bond donors (Lipinski definition) is 3. The number of aromatic nitrogens is 6. The highest BCUT2D eigenvalue weighted by atomic mass is 16.5. The number of ether oxygens (including phenoxy) is 1. The molecule has 0 amide bonds. The van der Waals surface area contributed by atoms with E-state index in [1.165, 1.54) is 6.21 Å². The molecule has 5 rings (SSSR count). The number of pyridine rings is 1. The van der Waals surface area contributed by atoms with Gasteiger partial charge in [-0.1, -0.05) is 0 Å². The molecule has 0 unspecified atom stereocenters. The first-order valence-electron chi connectivity index (χ1n) is 10.5. The first-order chi connectivity index (χ1) is 15.6. The minimum Gasteiger partial charge on any atom is -0.377 e. The molecular formula is C22H25N9O. The highest BCUT2D eigenvalue weighted by Gasteiger charge is 2.26. The summed E-state index contributed by atoms with van der Waals surface area (Å²) in [5, 5.41) is 16.9. The number of nitrogens with zero attached hydrogens (tertiary/aromatic N) is 6. The van der Waals surface area contributed by atoms with E-state index in [1.54, 1.807) is 17.1 Å². The summed E-state index contributed by atoms with van der Waals surface area (Å²) in [6.07, 6.45) is 6.72. The molecule has 10 heteroatoms. The molecule has 1 aliphatic rings. The Hall–Kier alpha value is -3.79. The van der Waals surface area contributed by atoms with Gasteiger partial charge < -0.3 is 25.3 Å². The number of aryl methyl sites for hydroxylation is 2. The second-order valence-electron chi connectivity index (χ2n) is 7.92. The molecule has 32 heavy (non-hydrogen) atoms. The molecule has 0 aromatic carbocycles. The molecule has 0 spiro atoms. The highest BCUT2D eigenvalue weighted by Crippen LogP contribution is 2.33. The van der Waals surface area contributed by atoms with E-state index in [0.29, 0.717) is 42.8 Å². The van der Waals surface area contributed by atoms with Crippen LogP contribution < -0.4 is 10.2 Å². The molecule has 1 fully saturated rings. The molecular weight excluding hydrogens is 406 g/mol. The third-order valence-electron chi connectivity index (χ3n) is 5.77. The van der Waals surface area contributed by atoms with Crippen LogP contribution in [0.5, 0.6) is 0 Å². The lowest BCUT2D eigenvalue weighted by molar-refractivity contribution is 0.0985. The van der Waals surface area contributed by atoms with Gasteiger partial charge in [-0.15, -0.1) is 0 Å². The second kappa shape index (κ2) is 8.04. The van der Waals surface area contributed by atoms with Crippen LogP contribution in [0.1, 0.15) is 18.1 Å². The van der Waals surface area contributed by atoms with E-state index in [-0.39, 0.29) is 6.04 Å². The van der Waals surface area contributed by atoms with Crippen LogP contribution in [0.15, 0.2) is 30.7 Å². The fourth-order valence-corrected chi connectivity index (χ4v) is 4.06. The van der Waals surface area contributed by atoms with Crippen LogP contribution in [0.25, 0.3) is 22.4 Å². The lowest BCUT2D eigenvalue weighted by atomic mass is 10.1. The van der Waals surface area contributed by atoms with Gasteiger partial charge >= 0.3 is 0 Å². The van der Waals surface area contributed by atoms with Crippen LogP contribution in [0.2, 0.25) is 0 Å².